The Hall–Kier alpha value is -2.67. The largest absolute Gasteiger partial charge is 0.492 e. The van der Waals surface area contributed by atoms with Gasteiger partial charge < -0.3 is 10.1 Å². The molecule has 2 aromatic rings. The highest BCUT2D eigenvalue weighted by Crippen LogP contribution is 2.26. The summed E-state index contributed by atoms with van der Waals surface area (Å²) < 4.78 is 6.33. The number of fused-ring (bicyclic) bond motifs is 1. The second kappa shape index (κ2) is 9.01. The van der Waals surface area contributed by atoms with Crippen LogP contribution >= 0.6 is 15.9 Å². The number of hydrogen-bond donors (Lipinski definition) is 1. The Bertz CT molecular complexity index is 913. The standard InChI is InChI=1S/C21H21BrN2O4/c1-14-4-2-5-16(12-14)28-11-9-23-19(25)6-3-10-24-20(26)17-8-7-15(22)13-18(17)21(24)27/h2,4-5,7-8,12-13H,3,6,9-11H2,1H3,(H,23,25). The average molecular weight is 445 g/mol. The van der Waals surface area contributed by atoms with Gasteiger partial charge >= 0.3 is 0 Å². The third-order valence-electron chi connectivity index (χ3n) is 4.40. The average Bonchev–Trinajstić information content (AvgIpc) is 2.89. The van der Waals surface area contributed by atoms with Crippen molar-refractivity contribution < 1.29 is 19.1 Å². The minimum Gasteiger partial charge on any atom is -0.492 e. The van der Waals surface area contributed by atoms with Crippen LogP contribution < -0.4 is 10.1 Å². The molecule has 146 valence electrons. The number of nitrogens with one attached hydrogen (secondary N) is 1. The molecule has 2 aromatic carbocycles. The van der Waals surface area contributed by atoms with Gasteiger partial charge in [-0.05, 0) is 49.2 Å². The first-order valence-electron chi connectivity index (χ1n) is 9.07. The zero-order chi connectivity index (χ0) is 20.1. The molecular formula is C21H21BrN2O4. The lowest BCUT2D eigenvalue weighted by Gasteiger charge is -2.13. The number of carbonyl (C=O) groups excluding carboxylic acids is 3. The van der Waals surface area contributed by atoms with Crippen molar-refractivity contribution in [3.8, 4) is 5.75 Å². The van der Waals surface area contributed by atoms with Gasteiger partial charge in [0.15, 0.2) is 0 Å². The van der Waals surface area contributed by atoms with Crippen LogP contribution in [-0.4, -0.2) is 42.3 Å². The number of carbonyl (C=O) groups is 3. The molecule has 3 amide bonds. The Balaban J connectivity index is 1.38. The maximum Gasteiger partial charge on any atom is 0.261 e. The van der Waals surface area contributed by atoms with Gasteiger partial charge in [-0.2, -0.15) is 0 Å². The van der Waals surface area contributed by atoms with Gasteiger partial charge in [0.05, 0.1) is 17.7 Å². The van der Waals surface area contributed by atoms with E-state index in [-0.39, 0.29) is 30.7 Å². The molecule has 28 heavy (non-hydrogen) atoms. The molecule has 1 N–H and O–H groups in total. The summed E-state index contributed by atoms with van der Waals surface area (Å²) in [6.45, 7) is 2.98. The normalized spacial score (nSPS) is 12.9. The number of hydrogen-bond acceptors (Lipinski definition) is 4. The van der Waals surface area contributed by atoms with Gasteiger partial charge in [-0.1, -0.05) is 28.1 Å². The van der Waals surface area contributed by atoms with Crippen molar-refractivity contribution in [2.24, 2.45) is 0 Å². The number of ether oxygens (including phenoxy) is 1. The van der Waals surface area contributed by atoms with Crippen molar-refractivity contribution in [3.05, 3.63) is 63.6 Å². The number of imide groups is 1. The summed E-state index contributed by atoms with van der Waals surface area (Å²) in [4.78, 5) is 37.9. The highest BCUT2D eigenvalue weighted by atomic mass is 79.9. The molecule has 1 aliphatic heterocycles. The maximum atomic E-state index is 12.4. The van der Waals surface area contributed by atoms with Crippen molar-refractivity contribution in [1.82, 2.24) is 10.2 Å². The molecule has 0 saturated heterocycles. The third-order valence-corrected chi connectivity index (χ3v) is 4.89. The lowest BCUT2D eigenvalue weighted by Crippen LogP contribution is -2.32. The molecule has 3 rings (SSSR count). The summed E-state index contributed by atoms with van der Waals surface area (Å²) in [6.07, 6.45) is 0.652. The first-order valence-corrected chi connectivity index (χ1v) is 9.87. The van der Waals surface area contributed by atoms with Gasteiger partial charge in [0.1, 0.15) is 12.4 Å². The number of nitrogens with zero attached hydrogens (tertiary/aromatic N) is 1. The second-order valence-corrected chi connectivity index (χ2v) is 7.49. The lowest BCUT2D eigenvalue weighted by atomic mass is 10.1. The van der Waals surface area contributed by atoms with E-state index < -0.39 is 0 Å². The Kier molecular flexibility index (Phi) is 6.46. The molecule has 1 aliphatic rings. The van der Waals surface area contributed by atoms with Crippen LogP contribution in [0.1, 0.15) is 39.1 Å². The molecule has 7 heteroatoms. The van der Waals surface area contributed by atoms with Crippen LogP contribution in [0.15, 0.2) is 46.9 Å². The molecule has 6 nitrogen and oxygen atoms in total. The van der Waals surface area contributed by atoms with E-state index in [2.05, 4.69) is 21.2 Å². The summed E-state index contributed by atoms with van der Waals surface area (Å²) in [5, 5.41) is 2.78. The van der Waals surface area contributed by atoms with Crippen molar-refractivity contribution in [3.63, 3.8) is 0 Å². The Labute approximate surface area is 172 Å². The van der Waals surface area contributed by atoms with Gasteiger partial charge in [0, 0.05) is 17.4 Å². The zero-order valence-corrected chi connectivity index (χ0v) is 17.1. The van der Waals surface area contributed by atoms with E-state index >= 15 is 0 Å². The number of amides is 3. The van der Waals surface area contributed by atoms with E-state index in [1.54, 1.807) is 18.2 Å². The van der Waals surface area contributed by atoms with Crippen LogP contribution in [0.2, 0.25) is 0 Å². The maximum absolute atomic E-state index is 12.4. The second-order valence-electron chi connectivity index (χ2n) is 6.57. The minimum absolute atomic E-state index is 0.132. The first-order chi connectivity index (χ1) is 13.5. The van der Waals surface area contributed by atoms with Crippen molar-refractivity contribution in [2.45, 2.75) is 19.8 Å². The fourth-order valence-corrected chi connectivity index (χ4v) is 3.38. The number of halogens is 1. The van der Waals surface area contributed by atoms with Crippen LogP contribution in [0.4, 0.5) is 0 Å². The summed E-state index contributed by atoms with van der Waals surface area (Å²) in [5.74, 6) is 0.0198. The summed E-state index contributed by atoms with van der Waals surface area (Å²) in [5.41, 5.74) is 1.92. The van der Waals surface area contributed by atoms with Gasteiger partial charge in [-0.3, -0.25) is 19.3 Å². The van der Waals surface area contributed by atoms with Crippen LogP contribution in [0.5, 0.6) is 5.75 Å². The SMILES string of the molecule is Cc1cccc(OCCNC(=O)CCCN2C(=O)c3ccc(Br)cc3C2=O)c1. The van der Waals surface area contributed by atoms with E-state index in [0.717, 1.165) is 15.8 Å². The minimum atomic E-state index is -0.312. The van der Waals surface area contributed by atoms with E-state index in [1.165, 1.54) is 4.90 Å². The van der Waals surface area contributed by atoms with Crippen LogP contribution in [0, 0.1) is 6.92 Å². The smallest absolute Gasteiger partial charge is 0.261 e. The third kappa shape index (κ3) is 4.78. The molecule has 0 aliphatic carbocycles. The number of rotatable bonds is 8. The molecule has 0 aromatic heterocycles. The molecular weight excluding hydrogens is 424 g/mol. The highest BCUT2D eigenvalue weighted by molar-refractivity contribution is 9.10. The zero-order valence-electron chi connectivity index (χ0n) is 15.5. The number of benzene rings is 2. The van der Waals surface area contributed by atoms with Crippen molar-refractivity contribution in [2.75, 3.05) is 19.7 Å². The Morgan fingerprint density at radius 2 is 1.89 bits per heavy atom. The molecule has 0 atom stereocenters. The van der Waals surface area contributed by atoms with E-state index in [4.69, 9.17) is 4.74 Å². The van der Waals surface area contributed by atoms with Crippen molar-refractivity contribution in [1.29, 1.82) is 0 Å². The summed E-state index contributed by atoms with van der Waals surface area (Å²) in [7, 11) is 0. The van der Waals surface area contributed by atoms with Crippen molar-refractivity contribution >= 4 is 33.7 Å². The topological polar surface area (TPSA) is 75.7 Å². The van der Waals surface area contributed by atoms with Crippen LogP contribution in [-0.2, 0) is 4.79 Å². The predicted octanol–water partition coefficient (Wildman–Crippen LogP) is 3.33. The highest BCUT2D eigenvalue weighted by Gasteiger charge is 2.35. The molecule has 0 bridgehead atoms. The molecule has 0 fully saturated rings. The van der Waals surface area contributed by atoms with E-state index in [1.807, 2.05) is 31.2 Å². The molecule has 0 saturated carbocycles. The van der Waals surface area contributed by atoms with Crippen LogP contribution in [0.3, 0.4) is 0 Å². The molecule has 1 heterocycles. The van der Waals surface area contributed by atoms with E-state index in [9.17, 15) is 14.4 Å². The van der Waals surface area contributed by atoms with Gasteiger partial charge in [-0.15, -0.1) is 0 Å². The summed E-state index contributed by atoms with van der Waals surface area (Å²) >= 11 is 3.31. The van der Waals surface area contributed by atoms with Gasteiger partial charge in [-0.25, -0.2) is 0 Å². The molecule has 0 spiro atoms. The van der Waals surface area contributed by atoms with Gasteiger partial charge in [0.2, 0.25) is 5.91 Å². The quantitative estimate of drug-likeness (QED) is 0.500. The summed E-state index contributed by atoms with van der Waals surface area (Å²) in [6, 6.07) is 12.7. The fourth-order valence-electron chi connectivity index (χ4n) is 3.02. The Morgan fingerprint density at radius 1 is 1.11 bits per heavy atom. The van der Waals surface area contributed by atoms with Crippen LogP contribution in [0.25, 0.3) is 0 Å². The lowest BCUT2D eigenvalue weighted by molar-refractivity contribution is -0.121. The Morgan fingerprint density at radius 3 is 2.68 bits per heavy atom. The molecule has 0 unspecified atom stereocenters. The molecule has 0 radical (unpaired) electrons. The van der Waals surface area contributed by atoms with E-state index in [0.29, 0.717) is 30.7 Å². The number of aryl methyl sites for hydroxylation is 1. The monoisotopic (exact) mass is 444 g/mol. The first kappa shape index (κ1) is 20.1. The van der Waals surface area contributed by atoms with Gasteiger partial charge in [0.25, 0.3) is 11.8 Å². The fraction of sp³-hybridized carbons (Fsp3) is 0.286. The predicted molar refractivity (Wildman–Crippen MR) is 108 cm³/mol.